The van der Waals surface area contributed by atoms with Crippen LogP contribution in [-0.2, 0) is 0 Å². The van der Waals surface area contributed by atoms with Gasteiger partial charge in [-0.05, 0) is 43.4 Å². The third kappa shape index (κ3) is 0.610. The van der Waals surface area contributed by atoms with Crippen molar-refractivity contribution in [2.45, 2.75) is 19.8 Å². The molecule has 3 rings (SSSR count). The molecule has 1 fully saturated rings. The molecular weight excluding hydrogens is 132 g/mol. The molecule has 0 spiro atoms. The van der Waals surface area contributed by atoms with Crippen molar-refractivity contribution in [3.8, 4) is 0 Å². The van der Waals surface area contributed by atoms with Gasteiger partial charge in [0.2, 0.25) is 0 Å². The Labute approximate surface area is 68.0 Å². The molecule has 0 heterocycles. The van der Waals surface area contributed by atoms with E-state index in [9.17, 15) is 0 Å². The first kappa shape index (κ1) is 6.05. The SMILES string of the molecule is CC1=CC[C@@H]2[C@@H]1[C@@H]1C=C[C@H]2C1. The second-order valence-corrected chi connectivity index (χ2v) is 4.32. The normalized spacial score (nSPS) is 51.5. The van der Waals surface area contributed by atoms with Crippen LogP contribution in [0.25, 0.3) is 0 Å². The van der Waals surface area contributed by atoms with Gasteiger partial charge in [-0.2, -0.15) is 0 Å². The Kier molecular flexibility index (Phi) is 0.988. The third-order valence-corrected chi connectivity index (χ3v) is 3.86. The monoisotopic (exact) mass is 146 g/mol. The topological polar surface area (TPSA) is 0 Å². The molecule has 0 radical (unpaired) electrons. The van der Waals surface area contributed by atoms with Gasteiger partial charge in [0.15, 0.2) is 0 Å². The average Bonchev–Trinajstić information content (AvgIpc) is 2.60. The molecule has 0 aromatic carbocycles. The number of hydrogen-bond acceptors (Lipinski definition) is 0. The van der Waals surface area contributed by atoms with Crippen molar-refractivity contribution in [2.75, 3.05) is 0 Å². The number of hydrogen-bond donors (Lipinski definition) is 0. The third-order valence-electron chi connectivity index (χ3n) is 3.86. The average molecular weight is 146 g/mol. The summed E-state index contributed by atoms with van der Waals surface area (Å²) in [6.45, 7) is 2.32. The van der Waals surface area contributed by atoms with Crippen molar-refractivity contribution >= 4 is 0 Å². The lowest BCUT2D eigenvalue weighted by atomic mass is 9.83. The fourth-order valence-electron chi connectivity index (χ4n) is 3.38. The molecule has 0 aliphatic heterocycles. The van der Waals surface area contributed by atoms with E-state index in [-0.39, 0.29) is 0 Å². The van der Waals surface area contributed by atoms with Crippen LogP contribution >= 0.6 is 0 Å². The van der Waals surface area contributed by atoms with E-state index in [2.05, 4.69) is 25.2 Å². The summed E-state index contributed by atoms with van der Waals surface area (Å²) in [6.07, 6.45) is 10.2. The van der Waals surface area contributed by atoms with E-state index in [1.165, 1.54) is 12.8 Å². The lowest BCUT2D eigenvalue weighted by Gasteiger charge is -2.21. The highest BCUT2D eigenvalue weighted by Gasteiger charge is 2.46. The molecule has 0 amide bonds. The summed E-state index contributed by atoms with van der Waals surface area (Å²) in [7, 11) is 0. The van der Waals surface area contributed by atoms with Crippen LogP contribution in [0.5, 0.6) is 0 Å². The number of rotatable bonds is 0. The van der Waals surface area contributed by atoms with E-state index in [0.29, 0.717) is 0 Å². The lowest BCUT2D eigenvalue weighted by Crippen LogP contribution is -2.15. The van der Waals surface area contributed by atoms with E-state index >= 15 is 0 Å². The maximum Gasteiger partial charge on any atom is -0.0106 e. The molecule has 3 aliphatic carbocycles. The van der Waals surface area contributed by atoms with Crippen molar-refractivity contribution in [1.82, 2.24) is 0 Å². The molecule has 1 saturated carbocycles. The van der Waals surface area contributed by atoms with Crippen LogP contribution in [0.3, 0.4) is 0 Å². The standard InChI is InChI=1S/C11H14/c1-7-2-5-10-8-3-4-9(6-8)11(7)10/h2-4,8-11H,5-6H2,1H3/t8-,9+,10-,11-/m0/s1. The molecule has 2 bridgehead atoms. The zero-order valence-corrected chi connectivity index (χ0v) is 6.96. The second kappa shape index (κ2) is 1.80. The first-order valence-corrected chi connectivity index (χ1v) is 4.71. The minimum atomic E-state index is 0.920. The minimum absolute atomic E-state index is 0.920. The largest absolute Gasteiger partial charge is 0.0850 e. The molecule has 3 aliphatic rings. The zero-order chi connectivity index (χ0) is 7.42. The minimum Gasteiger partial charge on any atom is -0.0850 e. The van der Waals surface area contributed by atoms with Crippen LogP contribution < -0.4 is 0 Å². The van der Waals surface area contributed by atoms with Gasteiger partial charge in [0, 0.05) is 0 Å². The van der Waals surface area contributed by atoms with Gasteiger partial charge in [0.05, 0.1) is 0 Å². The molecule has 11 heavy (non-hydrogen) atoms. The van der Waals surface area contributed by atoms with Crippen molar-refractivity contribution in [3.63, 3.8) is 0 Å². The maximum absolute atomic E-state index is 2.46. The Hall–Kier alpha value is -0.520. The van der Waals surface area contributed by atoms with Crippen LogP contribution in [0, 0.1) is 23.7 Å². The first-order valence-electron chi connectivity index (χ1n) is 4.71. The van der Waals surface area contributed by atoms with E-state index in [0.717, 1.165) is 23.7 Å². The van der Waals surface area contributed by atoms with Gasteiger partial charge in [0.1, 0.15) is 0 Å². The molecule has 0 aromatic heterocycles. The number of fused-ring (bicyclic) bond motifs is 5. The molecule has 0 nitrogen and oxygen atoms in total. The van der Waals surface area contributed by atoms with Gasteiger partial charge in [-0.3, -0.25) is 0 Å². The van der Waals surface area contributed by atoms with Crippen molar-refractivity contribution < 1.29 is 0 Å². The molecule has 0 aromatic rings. The summed E-state index contributed by atoms with van der Waals surface area (Å²) >= 11 is 0. The van der Waals surface area contributed by atoms with Gasteiger partial charge in [-0.25, -0.2) is 0 Å². The van der Waals surface area contributed by atoms with E-state index in [1.807, 2.05) is 0 Å². The van der Waals surface area contributed by atoms with E-state index < -0.39 is 0 Å². The fourth-order valence-corrected chi connectivity index (χ4v) is 3.38. The summed E-state index contributed by atoms with van der Waals surface area (Å²) in [5, 5.41) is 0. The molecule has 0 N–H and O–H groups in total. The van der Waals surface area contributed by atoms with E-state index in [4.69, 9.17) is 0 Å². The second-order valence-electron chi connectivity index (χ2n) is 4.32. The highest BCUT2D eigenvalue weighted by Crippen LogP contribution is 2.55. The highest BCUT2D eigenvalue weighted by molar-refractivity contribution is 5.26. The lowest BCUT2D eigenvalue weighted by molar-refractivity contribution is 0.385. The Morgan fingerprint density at radius 1 is 1.27 bits per heavy atom. The molecule has 0 unspecified atom stereocenters. The van der Waals surface area contributed by atoms with Gasteiger partial charge in [-0.1, -0.05) is 23.8 Å². The van der Waals surface area contributed by atoms with Crippen LogP contribution in [0.15, 0.2) is 23.8 Å². The summed E-state index contributed by atoms with van der Waals surface area (Å²) in [5.74, 6) is 3.82. The van der Waals surface area contributed by atoms with Crippen LogP contribution in [0.2, 0.25) is 0 Å². The Morgan fingerprint density at radius 3 is 2.91 bits per heavy atom. The summed E-state index contributed by atoms with van der Waals surface area (Å²) < 4.78 is 0. The smallest absolute Gasteiger partial charge is 0.0106 e. The van der Waals surface area contributed by atoms with Crippen LogP contribution in [0.1, 0.15) is 19.8 Å². The van der Waals surface area contributed by atoms with Gasteiger partial charge < -0.3 is 0 Å². The number of allylic oxidation sites excluding steroid dienone is 4. The van der Waals surface area contributed by atoms with Crippen LogP contribution in [-0.4, -0.2) is 0 Å². The zero-order valence-electron chi connectivity index (χ0n) is 6.96. The summed E-state index contributed by atoms with van der Waals surface area (Å²) in [4.78, 5) is 0. The Bertz CT molecular complexity index is 247. The van der Waals surface area contributed by atoms with Crippen LogP contribution in [0.4, 0.5) is 0 Å². The van der Waals surface area contributed by atoms with Crippen molar-refractivity contribution in [1.29, 1.82) is 0 Å². The predicted octanol–water partition coefficient (Wildman–Crippen LogP) is 2.77. The molecule has 58 valence electrons. The Balaban J connectivity index is 2.03. The predicted molar refractivity (Wildman–Crippen MR) is 46.1 cm³/mol. The van der Waals surface area contributed by atoms with Gasteiger partial charge in [0.25, 0.3) is 0 Å². The fraction of sp³-hybridized carbons (Fsp3) is 0.636. The molecule has 0 heteroatoms. The van der Waals surface area contributed by atoms with Crippen molar-refractivity contribution in [3.05, 3.63) is 23.8 Å². The van der Waals surface area contributed by atoms with Crippen molar-refractivity contribution in [2.24, 2.45) is 23.7 Å². The molecule has 0 saturated heterocycles. The van der Waals surface area contributed by atoms with Gasteiger partial charge >= 0.3 is 0 Å². The maximum atomic E-state index is 2.46. The highest BCUT2D eigenvalue weighted by atomic mass is 14.5. The van der Waals surface area contributed by atoms with E-state index in [1.54, 1.807) is 5.57 Å². The van der Waals surface area contributed by atoms with Gasteiger partial charge in [-0.15, -0.1) is 0 Å². The molecular formula is C11H14. The summed E-state index contributed by atoms with van der Waals surface area (Å²) in [6, 6.07) is 0. The Morgan fingerprint density at radius 2 is 2.09 bits per heavy atom. The first-order chi connectivity index (χ1) is 5.36. The quantitative estimate of drug-likeness (QED) is 0.461. The summed E-state index contributed by atoms with van der Waals surface area (Å²) in [5.41, 5.74) is 1.67. The molecule has 4 atom stereocenters.